The van der Waals surface area contributed by atoms with E-state index in [1.54, 1.807) is 0 Å². The number of unbranched alkanes of at least 4 members (excludes halogenated alkanes) is 1. The molecule has 17 heavy (non-hydrogen) atoms. The molecule has 0 saturated carbocycles. The van der Waals surface area contributed by atoms with Crippen LogP contribution in [0.2, 0.25) is 0 Å². The Morgan fingerprint density at radius 3 is 2.59 bits per heavy atom. The van der Waals surface area contributed by atoms with Crippen LogP contribution in [-0.4, -0.2) is 30.7 Å². The zero-order chi connectivity index (χ0) is 13.1. The Balaban J connectivity index is 3.71. The summed E-state index contributed by atoms with van der Waals surface area (Å²) in [7, 11) is 0. The van der Waals surface area contributed by atoms with E-state index in [-0.39, 0.29) is 16.8 Å². The van der Waals surface area contributed by atoms with E-state index in [1.807, 2.05) is 6.92 Å². The predicted molar refractivity (Wildman–Crippen MR) is 73.9 cm³/mol. The Bertz CT molecular complexity index is 235. The van der Waals surface area contributed by atoms with Crippen LogP contribution in [-0.2, 0) is 9.53 Å². The normalized spacial score (nSPS) is 12.1. The summed E-state index contributed by atoms with van der Waals surface area (Å²) in [6.45, 7) is 5.93. The number of amides is 1. The van der Waals surface area contributed by atoms with Gasteiger partial charge in [-0.15, -0.1) is 0 Å². The van der Waals surface area contributed by atoms with Gasteiger partial charge in [-0.05, 0) is 12.8 Å². The van der Waals surface area contributed by atoms with Crippen molar-refractivity contribution >= 4 is 23.1 Å². The molecule has 0 spiro atoms. The van der Waals surface area contributed by atoms with E-state index in [2.05, 4.69) is 12.2 Å². The number of ether oxygens (including phenoxy) is 1. The van der Waals surface area contributed by atoms with Crippen molar-refractivity contribution in [2.45, 2.75) is 39.5 Å². The maximum absolute atomic E-state index is 11.7. The zero-order valence-corrected chi connectivity index (χ0v) is 11.6. The highest BCUT2D eigenvalue weighted by Crippen LogP contribution is 2.06. The third kappa shape index (κ3) is 8.10. The number of hydrogen-bond donors (Lipinski definition) is 2. The Hall–Kier alpha value is -0.680. The Morgan fingerprint density at radius 2 is 2.06 bits per heavy atom. The lowest BCUT2D eigenvalue weighted by Crippen LogP contribution is -2.39. The van der Waals surface area contributed by atoms with Gasteiger partial charge in [0.15, 0.2) is 0 Å². The largest absolute Gasteiger partial charge is 0.393 e. The van der Waals surface area contributed by atoms with E-state index in [0.717, 1.165) is 25.9 Å². The fraction of sp³-hybridized carbons (Fsp3) is 0.833. The van der Waals surface area contributed by atoms with Gasteiger partial charge in [0.25, 0.3) is 0 Å². The van der Waals surface area contributed by atoms with E-state index in [9.17, 15) is 4.79 Å². The van der Waals surface area contributed by atoms with Gasteiger partial charge in [-0.2, -0.15) is 0 Å². The smallest absolute Gasteiger partial charge is 0.230 e. The standard InChI is InChI=1S/C12H24N2O2S/c1-3-5-8-16-9-7-14-12(15)10(6-4-2)11(13)17/h10H,3-9H2,1-2H3,(H2,13,17)(H,14,15). The molecule has 0 saturated heterocycles. The molecule has 0 aliphatic rings. The summed E-state index contributed by atoms with van der Waals surface area (Å²) in [4.78, 5) is 12.0. The van der Waals surface area contributed by atoms with Gasteiger partial charge in [-0.3, -0.25) is 4.79 Å². The fourth-order valence-corrected chi connectivity index (χ4v) is 1.63. The number of hydrogen-bond acceptors (Lipinski definition) is 3. The predicted octanol–water partition coefficient (Wildman–Crippen LogP) is 1.62. The lowest BCUT2D eigenvalue weighted by molar-refractivity contribution is -0.123. The average molecular weight is 260 g/mol. The monoisotopic (exact) mass is 260 g/mol. The second-order valence-corrected chi connectivity index (χ2v) is 4.47. The number of rotatable bonds is 10. The van der Waals surface area contributed by atoms with Crippen LogP contribution in [0.1, 0.15) is 39.5 Å². The minimum absolute atomic E-state index is 0.0848. The Labute approximate surface area is 109 Å². The van der Waals surface area contributed by atoms with Crippen molar-refractivity contribution in [3.63, 3.8) is 0 Å². The fourth-order valence-electron chi connectivity index (χ4n) is 1.41. The van der Waals surface area contributed by atoms with Gasteiger partial charge >= 0.3 is 0 Å². The van der Waals surface area contributed by atoms with Crippen molar-refractivity contribution in [2.24, 2.45) is 11.7 Å². The van der Waals surface area contributed by atoms with Crippen LogP contribution in [0.3, 0.4) is 0 Å². The van der Waals surface area contributed by atoms with E-state index < -0.39 is 0 Å². The van der Waals surface area contributed by atoms with Gasteiger partial charge in [0.1, 0.15) is 0 Å². The van der Waals surface area contributed by atoms with E-state index in [1.165, 1.54) is 0 Å². The summed E-state index contributed by atoms with van der Waals surface area (Å²) < 4.78 is 5.35. The molecule has 0 fully saturated rings. The van der Waals surface area contributed by atoms with Gasteiger partial charge in [0, 0.05) is 13.2 Å². The van der Waals surface area contributed by atoms with Gasteiger partial charge in [0.2, 0.25) is 5.91 Å². The van der Waals surface area contributed by atoms with Crippen molar-refractivity contribution in [1.29, 1.82) is 0 Å². The number of carbonyl (C=O) groups is 1. The van der Waals surface area contributed by atoms with Gasteiger partial charge < -0.3 is 15.8 Å². The molecule has 0 heterocycles. The van der Waals surface area contributed by atoms with Crippen molar-refractivity contribution < 1.29 is 9.53 Å². The highest BCUT2D eigenvalue weighted by Gasteiger charge is 2.19. The van der Waals surface area contributed by atoms with Crippen molar-refractivity contribution in [3.8, 4) is 0 Å². The minimum Gasteiger partial charge on any atom is -0.393 e. The topological polar surface area (TPSA) is 64.3 Å². The van der Waals surface area contributed by atoms with Crippen LogP contribution in [0.25, 0.3) is 0 Å². The van der Waals surface area contributed by atoms with E-state index >= 15 is 0 Å². The zero-order valence-electron chi connectivity index (χ0n) is 10.8. The molecule has 0 radical (unpaired) electrons. The molecule has 3 N–H and O–H groups in total. The van der Waals surface area contributed by atoms with Crippen LogP contribution >= 0.6 is 12.2 Å². The molecule has 0 aliphatic carbocycles. The first kappa shape index (κ1) is 16.3. The summed E-state index contributed by atoms with van der Waals surface area (Å²) in [5, 5.41) is 2.79. The molecule has 1 unspecified atom stereocenters. The number of carbonyl (C=O) groups excluding carboxylic acids is 1. The quantitative estimate of drug-likeness (QED) is 0.463. The first-order chi connectivity index (χ1) is 8.13. The van der Waals surface area contributed by atoms with Crippen LogP contribution in [0, 0.1) is 5.92 Å². The maximum atomic E-state index is 11.7. The first-order valence-corrected chi connectivity index (χ1v) is 6.69. The SMILES string of the molecule is CCCCOCCNC(=O)C(CCC)C(N)=S. The average Bonchev–Trinajstić information content (AvgIpc) is 2.29. The van der Waals surface area contributed by atoms with Gasteiger partial charge in [-0.25, -0.2) is 0 Å². The van der Waals surface area contributed by atoms with E-state index in [4.69, 9.17) is 22.7 Å². The lowest BCUT2D eigenvalue weighted by Gasteiger charge is -2.14. The van der Waals surface area contributed by atoms with Crippen LogP contribution in [0.5, 0.6) is 0 Å². The molecule has 0 aromatic heterocycles. The van der Waals surface area contributed by atoms with Gasteiger partial charge in [0.05, 0.1) is 17.5 Å². The molecule has 100 valence electrons. The Morgan fingerprint density at radius 1 is 1.35 bits per heavy atom. The first-order valence-electron chi connectivity index (χ1n) is 6.28. The highest BCUT2D eigenvalue weighted by molar-refractivity contribution is 7.80. The number of nitrogens with one attached hydrogen (secondary N) is 1. The molecule has 4 nitrogen and oxygen atoms in total. The molecule has 0 aromatic carbocycles. The maximum Gasteiger partial charge on any atom is 0.230 e. The molecular weight excluding hydrogens is 236 g/mol. The molecule has 1 atom stereocenters. The molecule has 0 rings (SSSR count). The Kier molecular flexibility index (Phi) is 10.1. The van der Waals surface area contributed by atoms with Crippen molar-refractivity contribution in [3.05, 3.63) is 0 Å². The summed E-state index contributed by atoms with van der Waals surface area (Å²) in [5.74, 6) is -0.427. The van der Waals surface area contributed by atoms with Crippen molar-refractivity contribution in [2.75, 3.05) is 19.8 Å². The summed E-state index contributed by atoms with van der Waals surface area (Å²) in [6, 6.07) is 0. The molecule has 0 bridgehead atoms. The van der Waals surface area contributed by atoms with Crippen LogP contribution in [0.4, 0.5) is 0 Å². The minimum atomic E-state index is -0.342. The molecule has 0 aromatic rings. The molecule has 5 heteroatoms. The van der Waals surface area contributed by atoms with E-state index in [0.29, 0.717) is 19.6 Å². The van der Waals surface area contributed by atoms with Gasteiger partial charge in [-0.1, -0.05) is 38.9 Å². The number of nitrogens with two attached hydrogens (primary N) is 1. The summed E-state index contributed by atoms with van der Waals surface area (Å²) in [5.41, 5.74) is 5.53. The number of thiocarbonyl (C=S) groups is 1. The van der Waals surface area contributed by atoms with Crippen molar-refractivity contribution in [1.82, 2.24) is 5.32 Å². The third-order valence-electron chi connectivity index (χ3n) is 2.43. The highest BCUT2D eigenvalue weighted by atomic mass is 32.1. The summed E-state index contributed by atoms with van der Waals surface area (Å²) >= 11 is 4.88. The molecular formula is C12H24N2O2S. The third-order valence-corrected chi connectivity index (χ3v) is 2.71. The second kappa shape index (κ2) is 10.5. The van der Waals surface area contributed by atoms with Crippen LogP contribution in [0.15, 0.2) is 0 Å². The second-order valence-electron chi connectivity index (χ2n) is 4.00. The lowest BCUT2D eigenvalue weighted by atomic mass is 10.0. The summed E-state index contributed by atoms with van der Waals surface area (Å²) in [6.07, 6.45) is 3.77. The molecule has 1 amide bonds. The molecule has 0 aliphatic heterocycles. The van der Waals surface area contributed by atoms with Crippen LogP contribution < -0.4 is 11.1 Å².